The summed E-state index contributed by atoms with van der Waals surface area (Å²) in [5.74, 6) is -1.27. The highest BCUT2D eigenvalue weighted by atomic mass is 16.5. The van der Waals surface area contributed by atoms with Crippen molar-refractivity contribution in [3.8, 4) is 34.5 Å². The third kappa shape index (κ3) is 2.64. The number of carbonyl (C=O) groups excluding carboxylic acids is 1. The Kier molecular flexibility index (Phi) is 5.03. The molecule has 2 rings (SSSR count). The molecule has 0 saturated carbocycles. The minimum absolute atomic E-state index is 0.000345. The zero-order valence-electron chi connectivity index (χ0n) is 13.7. The quantitative estimate of drug-likeness (QED) is 0.783. The number of hydrogen-bond acceptors (Lipinski definition) is 7. The number of ketones is 1. The molecule has 0 unspecified atom stereocenters. The average molecular weight is 334 g/mol. The molecule has 0 aromatic heterocycles. The molecule has 7 nitrogen and oxygen atoms in total. The standard InChI is InChI=1S/C17H18O7/c1-21-14-11(12(19)9-7-5-6-8-10(9)18)13(20)15(22-2)17(24-4)16(14)23-3/h5-8,18,20H,1-4H3. The second-order valence-corrected chi connectivity index (χ2v) is 4.70. The minimum Gasteiger partial charge on any atom is -0.507 e. The number of methoxy groups -OCH3 is 4. The highest BCUT2D eigenvalue weighted by molar-refractivity contribution is 6.15. The summed E-state index contributed by atoms with van der Waals surface area (Å²) in [6.07, 6.45) is 0. The Morgan fingerprint density at radius 2 is 1.29 bits per heavy atom. The van der Waals surface area contributed by atoms with E-state index < -0.39 is 11.5 Å². The Morgan fingerprint density at radius 3 is 1.79 bits per heavy atom. The van der Waals surface area contributed by atoms with E-state index in [1.54, 1.807) is 12.1 Å². The van der Waals surface area contributed by atoms with E-state index in [2.05, 4.69) is 0 Å². The van der Waals surface area contributed by atoms with Gasteiger partial charge in [0, 0.05) is 0 Å². The summed E-state index contributed by atoms with van der Waals surface area (Å²) >= 11 is 0. The highest BCUT2D eigenvalue weighted by Gasteiger charge is 2.32. The van der Waals surface area contributed by atoms with Crippen LogP contribution < -0.4 is 18.9 Å². The Labute approximate surface area is 139 Å². The molecular weight excluding hydrogens is 316 g/mol. The number of aromatic hydroxyl groups is 2. The fraction of sp³-hybridized carbons (Fsp3) is 0.235. The molecule has 0 atom stereocenters. The number of carbonyl (C=O) groups is 1. The van der Waals surface area contributed by atoms with Crippen LogP contribution in [0.2, 0.25) is 0 Å². The number of hydrogen-bond donors (Lipinski definition) is 2. The van der Waals surface area contributed by atoms with Gasteiger partial charge in [-0.2, -0.15) is 0 Å². The first-order valence-electron chi connectivity index (χ1n) is 6.93. The Hall–Kier alpha value is -3.09. The van der Waals surface area contributed by atoms with Crippen LogP contribution in [0.4, 0.5) is 0 Å². The van der Waals surface area contributed by atoms with E-state index in [-0.39, 0.29) is 39.9 Å². The van der Waals surface area contributed by atoms with Crippen LogP contribution in [-0.4, -0.2) is 44.4 Å². The van der Waals surface area contributed by atoms with Crippen LogP contribution >= 0.6 is 0 Å². The maximum Gasteiger partial charge on any atom is 0.211 e. The fourth-order valence-electron chi connectivity index (χ4n) is 2.41. The average Bonchev–Trinajstić information content (AvgIpc) is 2.60. The van der Waals surface area contributed by atoms with Crippen molar-refractivity contribution in [1.29, 1.82) is 0 Å². The molecule has 2 aromatic rings. The van der Waals surface area contributed by atoms with Gasteiger partial charge in [-0.25, -0.2) is 0 Å². The Balaban J connectivity index is 2.83. The maximum absolute atomic E-state index is 12.9. The van der Waals surface area contributed by atoms with Gasteiger partial charge in [0.15, 0.2) is 11.5 Å². The summed E-state index contributed by atoms with van der Waals surface area (Å²) in [6, 6.07) is 5.97. The van der Waals surface area contributed by atoms with E-state index in [0.717, 1.165) is 0 Å². The SMILES string of the molecule is COc1c(O)c(C(=O)c2ccccc2O)c(OC)c(OC)c1OC. The third-order valence-corrected chi connectivity index (χ3v) is 3.49. The first-order valence-corrected chi connectivity index (χ1v) is 6.93. The first kappa shape index (κ1) is 17.3. The predicted octanol–water partition coefficient (Wildman–Crippen LogP) is 2.36. The number of para-hydroxylation sites is 1. The predicted molar refractivity (Wildman–Crippen MR) is 85.9 cm³/mol. The van der Waals surface area contributed by atoms with Crippen molar-refractivity contribution in [2.75, 3.05) is 28.4 Å². The van der Waals surface area contributed by atoms with Crippen LogP contribution in [-0.2, 0) is 0 Å². The van der Waals surface area contributed by atoms with Crippen molar-refractivity contribution < 1.29 is 34.0 Å². The van der Waals surface area contributed by atoms with Gasteiger partial charge in [-0.3, -0.25) is 4.79 Å². The smallest absolute Gasteiger partial charge is 0.211 e. The van der Waals surface area contributed by atoms with Gasteiger partial charge in [0.05, 0.1) is 34.0 Å². The van der Waals surface area contributed by atoms with Gasteiger partial charge in [0.1, 0.15) is 11.3 Å². The second-order valence-electron chi connectivity index (χ2n) is 4.70. The number of ether oxygens (including phenoxy) is 4. The molecule has 128 valence electrons. The zero-order chi connectivity index (χ0) is 17.9. The van der Waals surface area contributed by atoms with E-state index in [9.17, 15) is 15.0 Å². The van der Waals surface area contributed by atoms with Gasteiger partial charge < -0.3 is 29.2 Å². The molecule has 7 heteroatoms. The molecule has 2 aromatic carbocycles. The van der Waals surface area contributed by atoms with Crippen LogP contribution in [0.3, 0.4) is 0 Å². The molecule has 0 bridgehead atoms. The molecule has 0 saturated heterocycles. The lowest BCUT2D eigenvalue weighted by Crippen LogP contribution is -2.08. The van der Waals surface area contributed by atoms with Crippen LogP contribution in [0, 0.1) is 0 Å². The van der Waals surface area contributed by atoms with Gasteiger partial charge >= 0.3 is 0 Å². The van der Waals surface area contributed by atoms with Gasteiger partial charge in [0.2, 0.25) is 23.0 Å². The zero-order valence-corrected chi connectivity index (χ0v) is 13.7. The van der Waals surface area contributed by atoms with Gasteiger partial charge in [-0.15, -0.1) is 0 Å². The van der Waals surface area contributed by atoms with Crippen molar-refractivity contribution in [1.82, 2.24) is 0 Å². The highest BCUT2D eigenvalue weighted by Crippen LogP contribution is 2.53. The van der Waals surface area contributed by atoms with E-state index in [4.69, 9.17) is 18.9 Å². The van der Waals surface area contributed by atoms with Crippen molar-refractivity contribution in [2.24, 2.45) is 0 Å². The van der Waals surface area contributed by atoms with Gasteiger partial charge in [-0.1, -0.05) is 12.1 Å². The summed E-state index contributed by atoms with van der Waals surface area (Å²) in [6.45, 7) is 0. The fourth-order valence-corrected chi connectivity index (χ4v) is 2.41. The number of phenolic OH excluding ortho intramolecular Hbond substituents is 2. The van der Waals surface area contributed by atoms with Crippen LogP contribution in [0.25, 0.3) is 0 Å². The Morgan fingerprint density at radius 1 is 0.792 bits per heavy atom. The molecule has 0 radical (unpaired) electrons. The van der Waals surface area contributed by atoms with Crippen molar-refractivity contribution in [3.63, 3.8) is 0 Å². The molecule has 24 heavy (non-hydrogen) atoms. The minimum atomic E-state index is -0.651. The van der Waals surface area contributed by atoms with Crippen LogP contribution in [0.1, 0.15) is 15.9 Å². The van der Waals surface area contributed by atoms with Crippen LogP contribution in [0.5, 0.6) is 34.5 Å². The largest absolute Gasteiger partial charge is 0.507 e. The number of phenols is 2. The lowest BCUT2D eigenvalue weighted by atomic mass is 9.99. The third-order valence-electron chi connectivity index (χ3n) is 3.49. The summed E-state index contributed by atoms with van der Waals surface area (Å²) in [5.41, 5.74) is -0.200. The molecule has 0 aliphatic carbocycles. The maximum atomic E-state index is 12.9. The molecule has 0 heterocycles. The summed E-state index contributed by atoms with van der Waals surface area (Å²) < 4.78 is 20.8. The lowest BCUT2D eigenvalue weighted by Gasteiger charge is -2.20. The molecule has 0 aliphatic heterocycles. The Bertz CT molecular complexity index is 768. The number of rotatable bonds is 6. The monoisotopic (exact) mass is 334 g/mol. The van der Waals surface area contributed by atoms with Crippen molar-refractivity contribution >= 4 is 5.78 Å². The summed E-state index contributed by atoms with van der Waals surface area (Å²) in [4.78, 5) is 12.9. The molecule has 0 spiro atoms. The second kappa shape index (κ2) is 6.99. The van der Waals surface area contributed by atoms with E-state index >= 15 is 0 Å². The van der Waals surface area contributed by atoms with E-state index in [1.165, 1.54) is 40.6 Å². The summed E-state index contributed by atoms with van der Waals surface area (Å²) in [5, 5.41) is 20.4. The lowest BCUT2D eigenvalue weighted by molar-refractivity contribution is 0.102. The number of benzene rings is 2. The summed E-state index contributed by atoms with van der Waals surface area (Å²) in [7, 11) is 5.37. The van der Waals surface area contributed by atoms with Crippen LogP contribution in [0.15, 0.2) is 24.3 Å². The molecule has 0 fully saturated rings. The van der Waals surface area contributed by atoms with Crippen molar-refractivity contribution in [3.05, 3.63) is 35.4 Å². The van der Waals surface area contributed by atoms with E-state index in [1.807, 2.05) is 0 Å². The topological polar surface area (TPSA) is 94.5 Å². The molecular formula is C17H18O7. The van der Waals surface area contributed by atoms with Crippen molar-refractivity contribution in [2.45, 2.75) is 0 Å². The molecule has 0 aliphatic rings. The van der Waals surface area contributed by atoms with E-state index in [0.29, 0.717) is 0 Å². The first-order chi connectivity index (χ1) is 11.5. The van der Waals surface area contributed by atoms with Gasteiger partial charge in [0.25, 0.3) is 0 Å². The normalized spacial score (nSPS) is 10.2. The molecule has 0 amide bonds. The molecule has 2 N–H and O–H groups in total. The van der Waals surface area contributed by atoms with Gasteiger partial charge in [-0.05, 0) is 12.1 Å².